The molecule has 0 aliphatic carbocycles. The van der Waals surface area contributed by atoms with Gasteiger partial charge < -0.3 is 34.1 Å². The quantitative estimate of drug-likeness (QED) is 0.617. The van der Waals surface area contributed by atoms with Crippen LogP contribution in [0.1, 0.15) is 20.3 Å². The number of nitrogens with zero attached hydrogens (tertiary/aromatic N) is 1. The topological polar surface area (TPSA) is 80.6 Å². The fourth-order valence-electron chi connectivity index (χ4n) is 2.71. The highest BCUT2D eigenvalue weighted by Crippen LogP contribution is 2.39. The van der Waals surface area contributed by atoms with E-state index >= 15 is 0 Å². The van der Waals surface area contributed by atoms with Gasteiger partial charge in [-0.3, -0.25) is 0 Å². The molecule has 0 radical (unpaired) electrons. The molecule has 0 saturated carbocycles. The minimum Gasteiger partial charge on any atom is -0.394 e. The zero-order chi connectivity index (χ0) is 15.6. The van der Waals surface area contributed by atoms with Gasteiger partial charge in [0.05, 0.1) is 6.61 Å². The molecule has 2 unspecified atom stereocenters. The van der Waals surface area contributed by atoms with Gasteiger partial charge >= 0.3 is 0 Å². The third kappa shape index (κ3) is 4.13. The van der Waals surface area contributed by atoms with Gasteiger partial charge in [0.1, 0.15) is 24.4 Å². The number of hydrogen-bond donors (Lipinski definition) is 2. The van der Waals surface area contributed by atoms with Crippen molar-refractivity contribution in [1.29, 1.82) is 0 Å². The van der Waals surface area contributed by atoms with Crippen molar-refractivity contribution in [1.82, 2.24) is 4.90 Å². The fraction of sp³-hybridized carbons (Fsp3) is 1.00. The Morgan fingerprint density at radius 3 is 2.62 bits per heavy atom. The summed E-state index contributed by atoms with van der Waals surface area (Å²) in [4.78, 5) is 2.08. The van der Waals surface area contributed by atoms with Crippen LogP contribution in [0.25, 0.3) is 0 Å². The molecule has 0 aromatic rings. The van der Waals surface area contributed by atoms with Gasteiger partial charge in [0.2, 0.25) is 0 Å². The van der Waals surface area contributed by atoms with Gasteiger partial charge in [0.25, 0.3) is 0 Å². The van der Waals surface area contributed by atoms with E-state index in [0.29, 0.717) is 6.61 Å². The molecule has 2 heterocycles. The van der Waals surface area contributed by atoms with Crippen molar-refractivity contribution in [3.05, 3.63) is 0 Å². The smallest absolute Gasteiger partial charge is 0.190 e. The summed E-state index contributed by atoms with van der Waals surface area (Å²) in [6.07, 6.45) is -2.17. The Balaban J connectivity index is 1.94. The van der Waals surface area contributed by atoms with Crippen LogP contribution in [-0.2, 0) is 18.9 Å². The molecule has 2 saturated heterocycles. The molecule has 7 nitrogen and oxygen atoms in total. The Hall–Kier alpha value is -0.280. The van der Waals surface area contributed by atoms with Gasteiger partial charge in [-0.05, 0) is 40.9 Å². The van der Waals surface area contributed by atoms with Crippen LogP contribution >= 0.6 is 0 Å². The molecule has 0 amide bonds. The highest BCUT2D eigenvalue weighted by atomic mass is 16.8. The lowest BCUT2D eigenvalue weighted by Crippen LogP contribution is -2.44. The minimum atomic E-state index is -1.01. The van der Waals surface area contributed by atoms with Crippen LogP contribution in [0.5, 0.6) is 0 Å². The summed E-state index contributed by atoms with van der Waals surface area (Å²) in [5.74, 6) is -0.726. The Kier molecular flexibility index (Phi) is 5.59. The number of aliphatic hydroxyl groups excluding tert-OH is 2. The fourth-order valence-corrected chi connectivity index (χ4v) is 2.71. The van der Waals surface area contributed by atoms with E-state index < -0.39 is 30.4 Å². The molecule has 2 aliphatic rings. The van der Waals surface area contributed by atoms with Gasteiger partial charge in [-0.2, -0.15) is 0 Å². The zero-order valence-corrected chi connectivity index (χ0v) is 13.2. The van der Waals surface area contributed by atoms with E-state index in [2.05, 4.69) is 4.90 Å². The van der Waals surface area contributed by atoms with Crippen LogP contribution in [-0.4, -0.2) is 85.5 Å². The second kappa shape index (κ2) is 6.87. The summed E-state index contributed by atoms with van der Waals surface area (Å²) in [5.41, 5.74) is 0. The normalized spacial score (nSPS) is 36.1. The number of fused-ring (bicyclic) bond motifs is 1. The average Bonchev–Trinajstić information content (AvgIpc) is 2.86. The van der Waals surface area contributed by atoms with Crippen molar-refractivity contribution in [2.75, 3.05) is 33.9 Å². The highest BCUT2D eigenvalue weighted by molar-refractivity contribution is 4.96. The summed E-state index contributed by atoms with van der Waals surface area (Å²) in [7, 11) is 4.01. The summed E-state index contributed by atoms with van der Waals surface area (Å²) in [6.45, 7) is 4.70. The van der Waals surface area contributed by atoms with E-state index in [1.165, 1.54) is 0 Å². The molecule has 5 atom stereocenters. The second-order valence-corrected chi connectivity index (χ2v) is 6.31. The Labute approximate surface area is 125 Å². The SMILES string of the molecule is CN(C)CCCO[C@H]1[C@@H](C(O)CO)OC2OC(C)(C)O[C@H]21. The molecule has 2 aliphatic heterocycles. The van der Waals surface area contributed by atoms with Gasteiger partial charge in [-0.15, -0.1) is 0 Å². The lowest BCUT2D eigenvalue weighted by molar-refractivity contribution is -0.231. The molecule has 124 valence electrons. The molecule has 2 rings (SSSR count). The average molecular weight is 305 g/mol. The van der Waals surface area contributed by atoms with E-state index in [4.69, 9.17) is 24.1 Å². The number of aliphatic hydroxyl groups is 2. The first kappa shape index (κ1) is 17.1. The summed E-state index contributed by atoms with van der Waals surface area (Å²) >= 11 is 0. The van der Waals surface area contributed by atoms with Crippen LogP contribution in [0, 0.1) is 0 Å². The lowest BCUT2D eigenvalue weighted by atomic mass is 10.1. The van der Waals surface area contributed by atoms with Crippen LogP contribution in [0.2, 0.25) is 0 Å². The van der Waals surface area contributed by atoms with Crippen LogP contribution < -0.4 is 0 Å². The van der Waals surface area contributed by atoms with E-state index in [0.717, 1.165) is 13.0 Å². The van der Waals surface area contributed by atoms with Crippen molar-refractivity contribution in [3.63, 3.8) is 0 Å². The standard InChI is InChI=1S/C14H27NO6/c1-14(2)20-12-11(18-7-5-6-15(3)4)10(9(17)8-16)19-13(12)21-14/h9-13,16-17H,5-8H2,1-4H3/t9?,10-,11+,12+,13?/m1/s1. The van der Waals surface area contributed by atoms with Gasteiger partial charge in [0, 0.05) is 6.61 Å². The summed E-state index contributed by atoms with van der Waals surface area (Å²) in [5, 5.41) is 19.0. The van der Waals surface area contributed by atoms with Crippen LogP contribution in [0.15, 0.2) is 0 Å². The first-order valence-electron chi connectivity index (χ1n) is 7.40. The maximum absolute atomic E-state index is 9.88. The maximum Gasteiger partial charge on any atom is 0.190 e. The molecule has 2 N–H and O–H groups in total. The number of hydrogen-bond acceptors (Lipinski definition) is 7. The summed E-state index contributed by atoms with van der Waals surface area (Å²) < 4.78 is 23.0. The van der Waals surface area contributed by atoms with Crippen molar-refractivity contribution in [2.45, 2.75) is 56.8 Å². The number of ether oxygens (including phenoxy) is 4. The molecule has 7 heteroatoms. The molecule has 21 heavy (non-hydrogen) atoms. The predicted molar refractivity (Wildman–Crippen MR) is 74.7 cm³/mol. The van der Waals surface area contributed by atoms with Gasteiger partial charge in [0.15, 0.2) is 12.1 Å². The molecular formula is C14H27NO6. The Bertz CT molecular complexity index is 337. The molecule has 2 fully saturated rings. The van der Waals surface area contributed by atoms with Crippen LogP contribution in [0.3, 0.4) is 0 Å². The molecule has 0 aromatic carbocycles. The van der Waals surface area contributed by atoms with Crippen molar-refractivity contribution >= 4 is 0 Å². The van der Waals surface area contributed by atoms with Gasteiger partial charge in [-0.25, -0.2) is 0 Å². The highest BCUT2D eigenvalue weighted by Gasteiger charge is 2.56. The van der Waals surface area contributed by atoms with E-state index in [-0.39, 0.29) is 12.7 Å². The second-order valence-electron chi connectivity index (χ2n) is 6.31. The van der Waals surface area contributed by atoms with Crippen molar-refractivity contribution < 1.29 is 29.2 Å². The minimum absolute atomic E-state index is 0.384. The van der Waals surface area contributed by atoms with Crippen molar-refractivity contribution in [3.8, 4) is 0 Å². The summed E-state index contributed by atoms with van der Waals surface area (Å²) in [6, 6.07) is 0. The van der Waals surface area contributed by atoms with Gasteiger partial charge in [-0.1, -0.05) is 0 Å². The lowest BCUT2D eigenvalue weighted by Gasteiger charge is -2.28. The van der Waals surface area contributed by atoms with Crippen molar-refractivity contribution in [2.24, 2.45) is 0 Å². The van der Waals surface area contributed by atoms with E-state index in [1.54, 1.807) is 0 Å². The van der Waals surface area contributed by atoms with E-state index in [1.807, 2.05) is 27.9 Å². The zero-order valence-electron chi connectivity index (χ0n) is 13.2. The molecule has 0 spiro atoms. The largest absolute Gasteiger partial charge is 0.394 e. The van der Waals surface area contributed by atoms with E-state index in [9.17, 15) is 5.11 Å². The third-order valence-corrected chi connectivity index (χ3v) is 3.65. The Morgan fingerprint density at radius 1 is 1.29 bits per heavy atom. The molecule has 0 aromatic heterocycles. The predicted octanol–water partition coefficient (Wildman–Crippen LogP) is -0.447. The monoisotopic (exact) mass is 305 g/mol. The van der Waals surface area contributed by atoms with Crippen LogP contribution in [0.4, 0.5) is 0 Å². The first-order chi connectivity index (χ1) is 9.84. The molecular weight excluding hydrogens is 278 g/mol. The third-order valence-electron chi connectivity index (χ3n) is 3.65. The first-order valence-corrected chi connectivity index (χ1v) is 7.40. The number of rotatable bonds is 7. The Morgan fingerprint density at radius 2 is 2.00 bits per heavy atom. The molecule has 0 bridgehead atoms. The maximum atomic E-state index is 9.88.